The molecule has 0 aromatic heterocycles. The molecule has 2 amide bonds. The van der Waals surface area contributed by atoms with Crippen molar-refractivity contribution in [1.29, 1.82) is 0 Å². The first kappa shape index (κ1) is 15.0. The first-order valence-corrected chi connectivity index (χ1v) is 8.07. The molecule has 3 N–H and O–H groups in total. The Morgan fingerprint density at radius 1 is 1.41 bits per heavy atom. The second-order valence-electron chi connectivity index (χ2n) is 6.25. The van der Waals surface area contributed by atoms with Gasteiger partial charge in [-0.3, -0.25) is 9.59 Å². The number of carbonyl (C=O) groups is 2. The SMILES string of the molecule is CC(NC(=O)CC1CCCN1)c1ccc2c(c1)CCC(=O)N2. The topological polar surface area (TPSA) is 70.2 Å². The van der Waals surface area contributed by atoms with Gasteiger partial charge in [-0.25, -0.2) is 0 Å². The Labute approximate surface area is 130 Å². The van der Waals surface area contributed by atoms with E-state index in [-0.39, 0.29) is 17.9 Å². The van der Waals surface area contributed by atoms with Crippen molar-refractivity contribution < 1.29 is 9.59 Å². The summed E-state index contributed by atoms with van der Waals surface area (Å²) < 4.78 is 0. The average molecular weight is 301 g/mol. The Hall–Kier alpha value is -1.88. The zero-order chi connectivity index (χ0) is 15.5. The number of hydrogen-bond donors (Lipinski definition) is 3. The summed E-state index contributed by atoms with van der Waals surface area (Å²) in [5, 5.41) is 9.30. The van der Waals surface area contributed by atoms with E-state index < -0.39 is 0 Å². The van der Waals surface area contributed by atoms with Crippen molar-refractivity contribution in [3.05, 3.63) is 29.3 Å². The number of aryl methyl sites for hydroxylation is 1. The highest BCUT2D eigenvalue weighted by Gasteiger charge is 2.20. The van der Waals surface area contributed by atoms with Crippen LogP contribution < -0.4 is 16.0 Å². The number of fused-ring (bicyclic) bond motifs is 1. The zero-order valence-electron chi connectivity index (χ0n) is 12.9. The van der Waals surface area contributed by atoms with Gasteiger partial charge in [-0.1, -0.05) is 12.1 Å². The van der Waals surface area contributed by atoms with Crippen molar-refractivity contribution in [3.63, 3.8) is 0 Å². The van der Waals surface area contributed by atoms with Crippen LogP contribution in [0.25, 0.3) is 0 Å². The molecular formula is C17H23N3O2. The van der Waals surface area contributed by atoms with Crippen LogP contribution in [0, 0.1) is 0 Å². The van der Waals surface area contributed by atoms with Crippen LogP contribution in [0.4, 0.5) is 5.69 Å². The minimum Gasteiger partial charge on any atom is -0.350 e. The van der Waals surface area contributed by atoms with Crippen LogP contribution in [-0.2, 0) is 16.0 Å². The molecule has 0 bridgehead atoms. The molecule has 2 atom stereocenters. The molecule has 0 aliphatic carbocycles. The number of nitrogens with one attached hydrogen (secondary N) is 3. The molecule has 2 unspecified atom stereocenters. The Kier molecular flexibility index (Phi) is 4.43. The van der Waals surface area contributed by atoms with Crippen molar-refractivity contribution in [1.82, 2.24) is 10.6 Å². The van der Waals surface area contributed by atoms with Crippen LogP contribution in [0.2, 0.25) is 0 Å². The molecule has 1 aromatic rings. The lowest BCUT2D eigenvalue weighted by molar-refractivity contribution is -0.122. The molecule has 5 heteroatoms. The van der Waals surface area contributed by atoms with Gasteiger partial charge < -0.3 is 16.0 Å². The predicted octanol–water partition coefficient (Wildman–Crippen LogP) is 1.89. The lowest BCUT2D eigenvalue weighted by Crippen LogP contribution is -2.33. The van der Waals surface area contributed by atoms with Crippen molar-refractivity contribution in [2.75, 3.05) is 11.9 Å². The predicted molar refractivity (Wildman–Crippen MR) is 85.6 cm³/mol. The molecule has 0 saturated carbocycles. The van der Waals surface area contributed by atoms with Crippen LogP contribution in [0.1, 0.15) is 49.8 Å². The summed E-state index contributed by atoms with van der Waals surface area (Å²) in [5.41, 5.74) is 3.13. The van der Waals surface area contributed by atoms with Gasteiger partial charge in [-0.15, -0.1) is 0 Å². The average Bonchev–Trinajstić information content (AvgIpc) is 2.99. The smallest absolute Gasteiger partial charge is 0.224 e. The fraction of sp³-hybridized carbons (Fsp3) is 0.529. The maximum atomic E-state index is 12.1. The molecule has 0 spiro atoms. The van der Waals surface area contributed by atoms with Crippen LogP contribution in [0.15, 0.2) is 18.2 Å². The quantitative estimate of drug-likeness (QED) is 0.795. The van der Waals surface area contributed by atoms with Gasteiger partial charge in [0, 0.05) is 24.6 Å². The molecule has 0 radical (unpaired) electrons. The summed E-state index contributed by atoms with van der Waals surface area (Å²) >= 11 is 0. The summed E-state index contributed by atoms with van der Waals surface area (Å²) in [7, 11) is 0. The first-order chi connectivity index (χ1) is 10.6. The monoisotopic (exact) mass is 301 g/mol. The largest absolute Gasteiger partial charge is 0.350 e. The highest BCUT2D eigenvalue weighted by Crippen LogP contribution is 2.26. The van der Waals surface area contributed by atoms with E-state index in [9.17, 15) is 9.59 Å². The summed E-state index contributed by atoms with van der Waals surface area (Å²) in [6, 6.07) is 6.31. The van der Waals surface area contributed by atoms with Crippen LogP contribution in [0.5, 0.6) is 0 Å². The van der Waals surface area contributed by atoms with E-state index in [0.717, 1.165) is 42.6 Å². The van der Waals surface area contributed by atoms with E-state index in [1.807, 2.05) is 19.1 Å². The number of rotatable bonds is 4. The highest BCUT2D eigenvalue weighted by atomic mass is 16.2. The number of anilines is 1. The second kappa shape index (κ2) is 6.48. The molecule has 22 heavy (non-hydrogen) atoms. The summed E-state index contributed by atoms with van der Waals surface area (Å²) in [6.45, 7) is 3.02. The van der Waals surface area contributed by atoms with Gasteiger partial charge in [-0.05, 0) is 49.9 Å². The maximum Gasteiger partial charge on any atom is 0.224 e. The molecule has 2 heterocycles. The second-order valence-corrected chi connectivity index (χ2v) is 6.25. The molecule has 118 valence electrons. The van der Waals surface area contributed by atoms with Gasteiger partial charge in [0.1, 0.15) is 0 Å². The van der Waals surface area contributed by atoms with E-state index in [0.29, 0.717) is 18.9 Å². The van der Waals surface area contributed by atoms with Crippen LogP contribution in [-0.4, -0.2) is 24.4 Å². The van der Waals surface area contributed by atoms with E-state index in [1.165, 1.54) is 0 Å². The maximum absolute atomic E-state index is 12.1. The molecule has 1 fully saturated rings. The van der Waals surface area contributed by atoms with Crippen LogP contribution in [0.3, 0.4) is 0 Å². The third-order valence-electron chi connectivity index (χ3n) is 4.50. The minimum atomic E-state index is -0.0168. The molecule has 3 rings (SSSR count). The normalized spacial score (nSPS) is 21.9. The van der Waals surface area contributed by atoms with E-state index in [4.69, 9.17) is 0 Å². The number of carbonyl (C=O) groups excluding carboxylic acids is 2. The van der Waals surface area contributed by atoms with Crippen molar-refractivity contribution >= 4 is 17.5 Å². The molecule has 2 aliphatic rings. The Morgan fingerprint density at radius 2 is 2.27 bits per heavy atom. The van der Waals surface area contributed by atoms with E-state index in [1.54, 1.807) is 0 Å². The van der Waals surface area contributed by atoms with Crippen LogP contribution >= 0.6 is 0 Å². The van der Waals surface area contributed by atoms with Gasteiger partial charge in [0.05, 0.1) is 6.04 Å². The summed E-state index contributed by atoms with van der Waals surface area (Å²) in [5.74, 6) is 0.170. The standard InChI is InChI=1S/C17H23N3O2/c1-11(19-17(22)10-14-3-2-8-18-14)12-4-6-15-13(9-12)5-7-16(21)20-15/h4,6,9,11,14,18H,2-3,5,7-8,10H2,1H3,(H,19,22)(H,20,21). The third-order valence-corrected chi connectivity index (χ3v) is 4.50. The van der Waals surface area contributed by atoms with Crippen molar-refractivity contribution in [3.8, 4) is 0 Å². The van der Waals surface area contributed by atoms with Gasteiger partial charge in [0.25, 0.3) is 0 Å². The Bertz CT molecular complexity index is 579. The molecule has 5 nitrogen and oxygen atoms in total. The minimum absolute atomic E-state index is 0.0168. The van der Waals surface area contributed by atoms with Gasteiger partial charge in [0.15, 0.2) is 0 Å². The number of hydrogen-bond acceptors (Lipinski definition) is 3. The first-order valence-electron chi connectivity index (χ1n) is 8.07. The lowest BCUT2D eigenvalue weighted by atomic mass is 9.97. The van der Waals surface area contributed by atoms with Gasteiger partial charge >= 0.3 is 0 Å². The van der Waals surface area contributed by atoms with Gasteiger partial charge in [0.2, 0.25) is 11.8 Å². The Balaban J connectivity index is 1.61. The van der Waals surface area contributed by atoms with Crippen molar-refractivity contribution in [2.24, 2.45) is 0 Å². The van der Waals surface area contributed by atoms with Crippen molar-refractivity contribution in [2.45, 2.75) is 51.1 Å². The number of benzene rings is 1. The summed E-state index contributed by atoms with van der Waals surface area (Å²) in [6.07, 6.45) is 4.09. The lowest BCUT2D eigenvalue weighted by Gasteiger charge is -2.21. The molecular weight excluding hydrogens is 278 g/mol. The molecule has 1 aromatic carbocycles. The van der Waals surface area contributed by atoms with E-state index >= 15 is 0 Å². The number of amides is 2. The summed E-state index contributed by atoms with van der Waals surface area (Å²) in [4.78, 5) is 23.5. The Morgan fingerprint density at radius 3 is 3.05 bits per heavy atom. The third kappa shape index (κ3) is 3.47. The fourth-order valence-electron chi connectivity index (χ4n) is 3.21. The molecule has 2 aliphatic heterocycles. The molecule has 1 saturated heterocycles. The fourth-order valence-corrected chi connectivity index (χ4v) is 3.21. The zero-order valence-corrected chi connectivity index (χ0v) is 12.9. The highest BCUT2D eigenvalue weighted by molar-refractivity contribution is 5.93. The van der Waals surface area contributed by atoms with E-state index in [2.05, 4.69) is 22.0 Å². The van der Waals surface area contributed by atoms with Gasteiger partial charge in [-0.2, -0.15) is 0 Å².